The van der Waals surface area contributed by atoms with E-state index >= 15 is 0 Å². The predicted molar refractivity (Wildman–Crippen MR) is 61.5 cm³/mol. The van der Waals surface area contributed by atoms with Crippen LogP contribution in [0.3, 0.4) is 0 Å². The van der Waals surface area contributed by atoms with Crippen LogP contribution in [0, 0.1) is 5.92 Å². The molecule has 0 aliphatic heterocycles. The highest BCUT2D eigenvalue weighted by Gasteiger charge is 2.19. The summed E-state index contributed by atoms with van der Waals surface area (Å²) in [6, 6.07) is 6.50. The second-order valence-corrected chi connectivity index (χ2v) is 4.80. The summed E-state index contributed by atoms with van der Waals surface area (Å²) in [5.74, 6) is 0.710. The maximum atomic E-state index is 5.21. The van der Waals surface area contributed by atoms with Crippen molar-refractivity contribution in [3.05, 3.63) is 33.8 Å². The molecule has 0 bridgehead atoms. The second kappa shape index (κ2) is 4.45. The molecule has 0 saturated carbocycles. The Kier molecular flexibility index (Phi) is 3.24. The molecule has 0 heterocycles. The molecule has 14 heavy (non-hydrogen) atoms. The first-order valence-corrected chi connectivity index (χ1v) is 5.85. The summed E-state index contributed by atoms with van der Waals surface area (Å²) >= 11 is 3.61. The third-order valence-corrected chi connectivity index (χ3v) is 3.67. The Hall–Kier alpha value is -0.340. The van der Waals surface area contributed by atoms with Crippen LogP contribution in [0.2, 0.25) is 0 Å². The van der Waals surface area contributed by atoms with Gasteiger partial charge in [-0.25, -0.2) is 0 Å². The summed E-state index contributed by atoms with van der Waals surface area (Å²) in [5.41, 5.74) is 2.99. The molecule has 1 unspecified atom stereocenters. The molecule has 1 aromatic carbocycles. The lowest BCUT2D eigenvalue weighted by Crippen LogP contribution is -2.18. The largest absolute Gasteiger partial charge is 0.384 e. The summed E-state index contributed by atoms with van der Waals surface area (Å²) in [6.45, 7) is 0.895. The molecule has 0 aromatic heterocycles. The molecule has 0 N–H and O–H groups in total. The zero-order chi connectivity index (χ0) is 9.97. The summed E-state index contributed by atoms with van der Waals surface area (Å²) in [7, 11) is 1.79. The smallest absolute Gasteiger partial charge is 0.0493 e. The monoisotopic (exact) mass is 254 g/mol. The summed E-state index contributed by atoms with van der Waals surface area (Å²) in [4.78, 5) is 0. The molecule has 0 saturated heterocycles. The van der Waals surface area contributed by atoms with E-state index in [1.807, 2.05) is 0 Å². The van der Waals surface area contributed by atoms with Crippen molar-refractivity contribution in [2.24, 2.45) is 5.92 Å². The van der Waals surface area contributed by atoms with Crippen molar-refractivity contribution in [1.29, 1.82) is 0 Å². The first-order valence-electron chi connectivity index (χ1n) is 5.06. The van der Waals surface area contributed by atoms with E-state index in [0.29, 0.717) is 5.92 Å². The SMILES string of the molecule is COCC1CCc2c(Br)cccc2C1. The molecule has 1 aliphatic rings. The quantitative estimate of drug-likeness (QED) is 0.788. The second-order valence-electron chi connectivity index (χ2n) is 3.94. The molecule has 1 aliphatic carbocycles. The summed E-state index contributed by atoms with van der Waals surface area (Å²) < 4.78 is 6.48. The fourth-order valence-electron chi connectivity index (χ4n) is 2.21. The average Bonchev–Trinajstić information content (AvgIpc) is 2.18. The summed E-state index contributed by atoms with van der Waals surface area (Å²) in [5, 5.41) is 0. The van der Waals surface area contributed by atoms with Gasteiger partial charge in [-0.1, -0.05) is 28.1 Å². The van der Waals surface area contributed by atoms with Gasteiger partial charge in [0.25, 0.3) is 0 Å². The fraction of sp³-hybridized carbons (Fsp3) is 0.500. The van der Waals surface area contributed by atoms with Crippen LogP contribution in [0.1, 0.15) is 17.5 Å². The first-order chi connectivity index (χ1) is 6.81. The Morgan fingerprint density at radius 2 is 2.36 bits per heavy atom. The Morgan fingerprint density at radius 3 is 3.14 bits per heavy atom. The van der Waals surface area contributed by atoms with Crippen LogP contribution < -0.4 is 0 Å². The van der Waals surface area contributed by atoms with Gasteiger partial charge in [0.15, 0.2) is 0 Å². The zero-order valence-corrected chi connectivity index (χ0v) is 10.0. The van der Waals surface area contributed by atoms with Gasteiger partial charge in [0.1, 0.15) is 0 Å². The Balaban J connectivity index is 2.18. The highest BCUT2D eigenvalue weighted by Crippen LogP contribution is 2.30. The topological polar surface area (TPSA) is 9.23 Å². The van der Waals surface area contributed by atoms with Crippen LogP contribution in [0.15, 0.2) is 22.7 Å². The molecule has 76 valence electrons. The average molecular weight is 255 g/mol. The first kappa shape index (κ1) is 10.2. The number of rotatable bonds is 2. The van der Waals surface area contributed by atoms with E-state index in [1.54, 1.807) is 7.11 Å². The zero-order valence-electron chi connectivity index (χ0n) is 8.42. The van der Waals surface area contributed by atoms with Crippen molar-refractivity contribution in [2.45, 2.75) is 19.3 Å². The van der Waals surface area contributed by atoms with Gasteiger partial charge in [0.2, 0.25) is 0 Å². The Labute approximate surface area is 93.6 Å². The lowest BCUT2D eigenvalue weighted by atomic mass is 9.84. The maximum Gasteiger partial charge on any atom is 0.0493 e. The van der Waals surface area contributed by atoms with Crippen molar-refractivity contribution < 1.29 is 4.74 Å². The number of hydrogen-bond acceptors (Lipinski definition) is 1. The molecule has 0 spiro atoms. The fourth-order valence-corrected chi connectivity index (χ4v) is 2.82. The van der Waals surface area contributed by atoms with E-state index in [4.69, 9.17) is 4.74 Å². The molecule has 0 amide bonds. The molecule has 1 nitrogen and oxygen atoms in total. The highest BCUT2D eigenvalue weighted by atomic mass is 79.9. The number of halogens is 1. The molecular formula is C12H15BrO. The minimum atomic E-state index is 0.710. The van der Waals surface area contributed by atoms with Crippen LogP contribution in [-0.2, 0) is 17.6 Å². The highest BCUT2D eigenvalue weighted by molar-refractivity contribution is 9.10. The molecule has 2 rings (SSSR count). The molecule has 2 heteroatoms. The number of methoxy groups -OCH3 is 1. The van der Waals surface area contributed by atoms with E-state index in [1.165, 1.54) is 34.9 Å². The minimum absolute atomic E-state index is 0.710. The van der Waals surface area contributed by atoms with E-state index < -0.39 is 0 Å². The van der Waals surface area contributed by atoms with Crippen molar-refractivity contribution >= 4 is 15.9 Å². The molecule has 0 radical (unpaired) electrons. The Bertz CT molecular complexity index is 322. The van der Waals surface area contributed by atoms with Gasteiger partial charge in [-0.3, -0.25) is 0 Å². The normalized spacial score (nSPS) is 20.6. The van der Waals surface area contributed by atoms with Crippen molar-refractivity contribution in [3.8, 4) is 0 Å². The van der Waals surface area contributed by atoms with Crippen LogP contribution in [-0.4, -0.2) is 13.7 Å². The number of fused-ring (bicyclic) bond motifs is 1. The Morgan fingerprint density at radius 1 is 1.50 bits per heavy atom. The van der Waals surface area contributed by atoms with E-state index in [2.05, 4.69) is 34.1 Å². The van der Waals surface area contributed by atoms with Gasteiger partial charge in [-0.05, 0) is 42.4 Å². The van der Waals surface area contributed by atoms with Gasteiger partial charge in [0.05, 0.1) is 0 Å². The molecule has 0 fully saturated rings. The van der Waals surface area contributed by atoms with Gasteiger partial charge in [0, 0.05) is 18.2 Å². The van der Waals surface area contributed by atoms with Gasteiger partial charge in [-0.15, -0.1) is 0 Å². The molecular weight excluding hydrogens is 240 g/mol. The minimum Gasteiger partial charge on any atom is -0.384 e. The third-order valence-electron chi connectivity index (χ3n) is 2.93. The third kappa shape index (κ3) is 2.01. The molecule has 1 aromatic rings. The van der Waals surface area contributed by atoms with Crippen molar-refractivity contribution in [1.82, 2.24) is 0 Å². The number of benzene rings is 1. The number of ether oxygens (including phenoxy) is 1. The van der Waals surface area contributed by atoms with E-state index in [-0.39, 0.29) is 0 Å². The van der Waals surface area contributed by atoms with Crippen LogP contribution >= 0.6 is 15.9 Å². The van der Waals surface area contributed by atoms with Crippen LogP contribution in [0.4, 0.5) is 0 Å². The standard InChI is InChI=1S/C12H15BrO/c1-14-8-9-5-6-11-10(7-9)3-2-4-12(11)13/h2-4,9H,5-8H2,1H3. The lowest BCUT2D eigenvalue weighted by Gasteiger charge is -2.24. The van der Waals surface area contributed by atoms with E-state index in [9.17, 15) is 0 Å². The predicted octanol–water partition coefficient (Wildman–Crippen LogP) is 3.20. The van der Waals surface area contributed by atoms with Gasteiger partial charge >= 0.3 is 0 Å². The van der Waals surface area contributed by atoms with Crippen molar-refractivity contribution in [3.63, 3.8) is 0 Å². The van der Waals surface area contributed by atoms with Crippen LogP contribution in [0.25, 0.3) is 0 Å². The maximum absolute atomic E-state index is 5.21. The van der Waals surface area contributed by atoms with Gasteiger partial charge < -0.3 is 4.74 Å². The molecule has 1 atom stereocenters. The van der Waals surface area contributed by atoms with Gasteiger partial charge in [-0.2, -0.15) is 0 Å². The number of hydrogen-bond donors (Lipinski definition) is 0. The van der Waals surface area contributed by atoms with E-state index in [0.717, 1.165) is 6.61 Å². The van der Waals surface area contributed by atoms with Crippen molar-refractivity contribution in [2.75, 3.05) is 13.7 Å². The lowest BCUT2D eigenvalue weighted by molar-refractivity contribution is 0.145. The van der Waals surface area contributed by atoms with Crippen LogP contribution in [0.5, 0.6) is 0 Å². The summed E-state index contributed by atoms with van der Waals surface area (Å²) in [6.07, 6.45) is 3.61.